The van der Waals surface area contributed by atoms with E-state index in [2.05, 4.69) is 13.2 Å². The number of ketones is 1. The highest BCUT2D eigenvalue weighted by Gasteiger charge is 2.70. The SMILES string of the molecule is CS[C@@H]1CC[C@H]2[C@@H]3CCC4=CC(=O)C=C[C@]4(C)[C@@]3(F)[C@@H](O)C[C@]12C. The van der Waals surface area contributed by atoms with E-state index in [1.165, 1.54) is 6.08 Å². The second kappa shape index (κ2) is 5.20. The molecule has 2 nitrogen and oxygen atoms in total. The largest absolute Gasteiger partial charge is 0.390 e. The lowest BCUT2D eigenvalue weighted by Gasteiger charge is -2.62. The minimum atomic E-state index is -1.66. The molecule has 1 N–H and O–H groups in total. The first kappa shape index (κ1) is 16.8. The number of hydrogen-bond acceptors (Lipinski definition) is 3. The third-order valence-corrected chi connectivity index (χ3v) is 9.18. The molecule has 4 heteroatoms. The molecule has 7 atom stereocenters. The van der Waals surface area contributed by atoms with Crippen molar-refractivity contribution in [2.75, 3.05) is 6.26 Å². The highest BCUT2D eigenvalue weighted by molar-refractivity contribution is 7.99. The van der Waals surface area contributed by atoms with E-state index in [1.807, 2.05) is 18.7 Å². The van der Waals surface area contributed by atoms with E-state index in [4.69, 9.17) is 0 Å². The van der Waals surface area contributed by atoms with Crippen LogP contribution in [0.25, 0.3) is 0 Å². The Hall–Kier alpha value is -0.610. The molecule has 3 saturated carbocycles. The number of hydrogen-bond donors (Lipinski definition) is 1. The van der Waals surface area contributed by atoms with Gasteiger partial charge in [0.05, 0.1) is 6.10 Å². The average Bonchev–Trinajstić information content (AvgIpc) is 2.86. The van der Waals surface area contributed by atoms with Crippen molar-refractivity contribution in [2.45, 2.75) is 63.0 Å². The lowest BCUT2D eigenvalue weighted by atomic mass is 9.46. The molecule has 4 aliphatic rings. The van der Waals surface area contributed by atoms with Gasteiger partial charge in [0.2, 0.25) is 0 Å². The summed E-state index contributed by atoms with van der Waals surface area (Å²) in [6.45, 7) is 4.16. The lowest BCUT2D eigenvalue weighted by Crippen LogP contribution is -2.66. The van der Waals surface area contributed by atoms with Crippen molar-refractivity contribution in [2.24, 2.45) is 22.7 Å². The zero-order valence-electron chi connectivity index (χ0n) is 14.7. The number of halogens is 1. The van der Waals surface area contributed by atoms with Gasteiger partial charge in [0.1, 0.15) is 0 Å². The highest BCUT2D eigenvalue weighted by Crippen LogP contribution is 2.68. The first-order valence-corrected chi connectivity index (χ1v) is 10.4. The molecule has 132 valence electrons. The number of aliphatic hydroxyl groups is 1. The Morgan fingerprint density at radius 2 is 2.00 bits per heavy atom. The summed E-state index contributed by atoms with van der Waals surface area (Å²) in [5, 5.41) is 11.5. The van der Waals surface area contributed by atoms with Crippen LogP contribution in [-0.4, -0.2) is 34.2 Å². The molecule has 0 saturated heterocycles. The van der Waals surface area contributed by atoms with Crippen LogP contribution in [0.15, 0.2) is 23.8 Å². The summed E-state index contributed by atoms with van der Waals surface area (Å²) in [4.78, 5) is 11.8. The number of thioether (sulfide) groups is 1. The third kappa shape index (κ3) is 1.85. The quantitative estimate of drug-likeness (QED) is 0.774. The van der Waals surface area contributed by atoms with E-state index in [9.17, 15) is 9.90 Å². The standard InChI is InChI=1S/C20H27FO2S/c1-18-11-16(23)20(21)15(14(18)6-7-17(18)24-3)5-4-12-10-13(22)8-9-19(12,20)2/h8-10,14-17,23H,4-7,11H2,1-3H3/t14-,15-,16-,17+,18-,19-,20-/m0/s1. The average molecular weight is 350 g/mol. The summed E-state index contributed by atoms with van der Waals surface area (Å²) in [5.41, 5.74) is -1.62. The monoisotopic (exact) mass is 350 g/mol. The summed E-state index contributed by atoms with van der Waals surface area (Å²) in [6, 6.07) is 0. The van der Waals surface area contributed by atoms with Crippen molar-refractivity contribution in [3.63, 3.8) is 0 Å². The van der Waals surface area contributed by atoms with E-state index < -0.39 is 17.2 Å². The van der Waals surface area contributed by atoms with E-state index in [0.29, 0.717) is 17.6 Å². The molecular weight excluding hydrogens is 323 g/mol. The van der Waals surface area contributed by atoms with Gasteiger partial charge >= 0.3 is 0 Å². The number of fused-ring (bicyclic) bond motifs is 5. The number of carbonyl (C=O) groups is 1. The van der Waals surface area contributed by atoms with Gasteiger partial charge in [-0.05, 0) is 68.8 Å². The van der Waals surface area contributed by atoms with Crippen LogP contribution in [-0.2, 0) is 4.79 Å². The summed E-state index contributed by atoms with van der Waals surface area (Å²) >= 11 is 1.88. The predicted molar refractivity (Wildman–Crippen MR) is 95.7 cm³/mol. The Balaban J connectivity index is 1.80. The van der Waals surface area contributed by atoms with Gasteiger partial charge < -0.3 is 5.11 Å². The van der Waals surface area contributed by atoms with E-state index in [1.54, 1.807) is 12.2 Å². The van der Waals surface area contributed by atoms with Gasteiger partial charge in [-0.1, -0.05) is 18.6 Å². The maximum Gasteiger partial charge on any atom is 0.178 e. The van der Waals surface area contributed by atoms with E-state index >= 15 is 4.39 Å². The van der Waals surface area contributed by atoms with Crippen LogP contribution in [0, 0.1) is 22.7 Å². The van der Waals surface area contributed by atoms with Crippen LogP contribution in [0.4, 0.5) is 4.39 Å². The molecule has 0 unspecified atom stereocenters. The number of rotatable bonds is 1. The minimum absolute atomic E-state index is 0.0187. The summed E-state index contributed by atoms with van der Waals surface area (Å²) in [6.07, 6.45) is 10.2. The summed E-state index contributed by atoms with van der Waals surface area (Å²) in [5.74, 6) is 0.152. The van der Waals surface area contributed by atoms with Crippen molar-refractivity contribution in [1.29, 1.82) is 0 Å². The fourth-order valence-corrected chi connectivity index (χ4v) is 7.73. The van der Waals surface area contributed by atoms with Gasteiger partial charge in [-0.25, -0.2) is 4.39 Å². The molecule has 3 fully saturated rings. The molecule has 0 aliphatic heterocycles. The zero-order valence-corrected chi connectivity index (χ0v) is 15.5. The Bertz CT molecular complexity index is 644. The number of alkyl halides is 1. The Kier molecular flexibility index (Phi) is 3.65. The van der Waals surface area contributed by atoms with Gasteiger partial charge in [0.25, 0.3) is 0 Å². The summed E-state index contributed by atoms with van der Waals surface area (Å²) in [7, 11) is 0. The molecule has 0 aromatic heterocycles. The molecule has 0 spiro atoms. The van der Waals surface area contributed by atoms with Crippen LogP contribution in [0.3, 0.4) is 0 Å². The highest BCUT2D eigenvalue weighted by atomic mass is 32.2. The van der Waals surface area contributed by atoms with Crippen molar-refractivity contribution >= 4 is 17.5 Å². The van der Waals surface area contributed by atoms with Gasteiger partial charge in [0, 0.05) is 16.6 Å². The molecule has 4 rings (SSSR count). The molecule has 0 amide bonds. The van der Waals surface area contributed by atoms with Crippen molar-refractivity contribution < 1.29 is 14.3 Å². The zero-order chi connectivity index (χ0) is 17.3. The Labute approximate surface area is 148 Å². The Morgan fingerprint density at radius 1 is 1.25 bits per heavy atom. The molecular formula is C20H27FO2S. The number of carbonyl (C=O) groups excluding carboxylic acids is 1. The van der Waals surface area contributed by atoms with Crippen LogP contribution in [0.1, 0.15) is 46.0 Å². The third-order valence-electron chi connectivity index (χ3n) is 7.84. The lowest BCUT2D eigenvalue weighted by molar-refractivity contribution is -0.188. The van der Waals surface area contributed by atoms with Crippen molar-refractivity contribution in [3.05, 3.63) is 23.8 Å². The topological polar surface area (TPSA) is 37.3 Å². The molecule has 4 aliphatic carbocycles. The van der Waals surface area contributed by atoms with Crippen LogP contribution >= 0.6 is 11.8 Å². The number of allylic oxidation sites excluding steroid dienone is 4. The van der Waals surface area contributed by atoms with Gasteiger partial charge in [0.15, 0.2) is 11.5 Å². The first-order chi connectivity index (χ1) is 11.3. The van der Waals surface area contributed by atoms with E-state index in [-0.39, 0.29) is 17.1 Å². The molecule has 0 radical (unpaired) electrons. The number of aliphatic hydroxyl groups excluding tert-OH is 1. The molecule has 0 heterocycles. The van der Waals surface area contributed by atoms with Crippen molar-refractivity contribution in [3.8, 4) is 0 Å². The van der Waals surface area contributed by atoms with Gasteiger partial charge in [-0.3, -0.25) is 4.79 Å². The second-order valence-corrected chi connectivity index (χ2v) is 9.70. The maximum atomic E-state index is 16.6. The second-order valence-electron chi connectivity index (χ2n) is 8.65. The molecule has 0 aromatic rings. The molecule has 0 bridgehead atoms. The van der Waals surface area contributed by atoms with Crippen LogP contribution in [0.2, 0.25) is 0 Å². The van der Waals surface area contributed by atoms with Crippen LogP contribution in [0.5, 0.6) is 0 Å². The molecule has 24 heavy (non-hydrogen) atoms. The molecule has 0 aromatic carbocycles. The fourth-order valence-electron chi connectivity index (χ4n) is 6.55. The van der Waals surface area contributed by atoms with E-state index in [0.717, 1.165) is 31.3 Å². The summed E-state index contributed by atoms with van der Waals surface area (Å²) < 4.78 is 16.6. The van der Waals surface area contributed by atoms with Crippen LogP contribution < -0.4 is 0 Å². The predicted octanol–water partition coefficient (Wildman–Crippen LogP) is 4.09. The van der Waals surface area contributed by atoms with Crippen molar-refractivity contribution in [1.82, 2.24) is 0 Å². The fraction of sp³-hybridized carbons (Fsp3) is 0.750. The first-order valence-electron chi connectivity index (χ1n) is 9.11. The van der Waals surface area contributed by atoms with Gasteiger partial charge in [-0.15, -0.1) is 0 Å². The Morgan fingerprint density at radius 3 is 2.71 bits per heavy atom. The minimum Gasteiger partial charge on any atom is -0.390 e. The smallest absolute Gasteiger partial charge is 0.178 e. The van der Waals surface area contributed by atoms with Gasteiger partial charge in [-0.2, -0.15) is 11.8 Å². The maximum absolute atomic E-state index is 16.6. The normalized spacial score (nSPS) is 53.2.